The van der Waals surface area contributed by atoms with Crippen LogP contribution in [-0.4, -0.2) is 11.5 Å². The molecule has 0 radical (unpaired) electrons. The second-order valence-electron chi connectivity index (χ2n) is 3.72. The first kappa shape index (κ1) is 10.7. The van der Waals surface area contributed by atoms with Crippen LogP contribution in [-0.2, 0) is 0 Å². The largest absolute Gasteiger partial charge is 0.362 e. The van der Waals surface area contributed by atoms with Crippen LogP contribution in [0.4, 0.5) is 5.13 Å². The van der Waals surface area contributed by atoms with Gasteiger partial charge in [0.05, 0.1) is 10.6 Å². The van der Waals surface area contributed by atoms with E-state index < -0.39 is 0 Å². The van der Waals surface area contributed by atoms with Crippen LogP contribution >= 0.6 is 22.7 Å². The second kappa shape index (κ2) is 4.47. The Hall–Kier alpha value is -1.39. The van der Waals surface area contributed by atoms with E-state index in [-0.39, 0.29) is 0 Å². The molecule has 0 bridgehead atoms. The Labute approximate surface area is 108 Å². The third kappa shape index (κ3) is 2.06. The molecule has 2 nitrogen and oxygen atoms in total. The number of nitrogens with one attached hydrogen (secondary N) is 1. The first-order valence-corrected chi connectivity index (χ1v) is 7.25. The van der Waals surface area contributed by atoms with Gasteiger partial charge in [-0.3, -0.25) is 0 Å². The maximum atomic E-state index is 4.58. The molecular formula is C13H12N2S2. The molecule has 0 saturated heterocycles. The number of thiophene rings is 1. The first-order valence-electron chi connectivity index (χ1n) is 5.55. The van der Waals surface area contributed by atoms with Crippen molar-refractivity contribution in [1.82, 2.24) is 4.98 Å². The Morgan fingerprint density at radius 3 is 3.00 bits per heavy atom. The molecule has 0 aliphatic carbocycles. The number of hydrogen-bond donors (Lipinski definition) is 1. The summed E-state index contributed by atoms with van der Waals surface area (Å²) < 4.78 is 1.32. The van der Waals surface area contributed by atoms with Crippen LogP contribution in [0.15, 0.2) is 35.7 Å². The van der Waals surface area contributed by atoms with Crippen molar-refractivity contribution in [3.05, 3.63) is 35.7 Å². The highest BCUT2D eigenvalue weighted by molar-refractivity contribution is 7.22. The number of benzene rings is 1. The molecule has 2 heterocycles. The third-order valence-electron chi connectivity index (χ3n) is 2.51. The topological polar surface area (TPSA) is 24.9 Å². The average molecular weight is 260 g/mol. The number of fused-ring (bicyclic) bond motifs is 1. The van der Waals surface area contributed by atoms with Crippen LogP contribution in [0.25, 0.3) is 20.7 Å². The van der Waals surface area contributed by atoms with Crippen LogP contribution in [0, 0.1) is 0 Å². The quantitative estimate of drug-likeness (QED) is 0.752. The van der Waals surface area contributed by atoms with Crippen molar-refractivity contribution in [3.63, 3.8) is 0 Å². The van der Waals surface area contributed by atoms with E-state index in [9.17, 15) is 0 Å². The van der Waals surface area contributed by atoms with Crippen molar-refractivity contribution >= 4 is 37.9 Å². The Bertz CT molecular complexity index is 606. The molecule has 4 heteroatoms. The minimum atomic E-state index is 0.916. The van der Waals surface area contributed by atoms with Gasteiger partial charge in [-0.2, -0.15) is 0 Å². The van der Waals surface area contributed by atoms with Gasteiger partial charge >= 0.3 is 0 Å². The summed E-state index contributed by atoms with van der Waals surface area (Å²) in [6.45, 7) is 3.00. The lowest BCUT2D eigenvalue weighted by atomic mass is 10.2. The lowest BCUT2D eigenvalue weighted by Crippen LogP contribution is -1.94. The van der Waals surface area contributed by atoms with Crippen molar-refractivity contribution < 1.29 is 0 Å². The Morgan fingerprint density at radius 1 is 1.29 bits per heavy atom. The van der Waals surface area contributed by atoms with Crippen molar-refractivity contribution in [2.45, 2.75) is 6.92 Å². The predicted octanol–water partition coefficient (Wildman–Crippen LogP) is 4.46. The number of aromatic nitrogens is 1. The maximum absolute atomic E-state index is 4.58. The molecule has 0 aliphatic heterocycles. The van der Waals surface area contributed by atoms with Gasteiger partial charge in [0.15, 0.2) is 5.13 Å². The van der Waals surface area contributed by atoms with Gasteiger partial charge in [-0.25, -0.2) is 4.98 Å². The lowest BCUT2D eigenvalue weighted by molar-refractivity contribution is 1.19. The van der Waals surface area contributed by atoms with Crippen LogP contribution in [0.3, 0.4) is 0 Å². The molecule has 3 rings (SSSR count). The number of nitrogens with zero attached hydrogens (tertiary/aromatic N) is 1. The van der Waals surface area contributed by atoms with E-state index in [1.165, 1.54) is 15.0 Å². The van der Waals surface area contributed by atoms with E-state index >= 15 is 0 Å². The Balaban J connectivity index is 2.01. The first-order chi connectivity index (χ1) is 8.36. The van der Waals surface area contributed by atoms with Gasteiger partial charge in [-0.15, -0.1) is 22.7 Å². The molecule has 86 valence electrons. The maximum Gasteiger partial charge on any atom is 0.183 e. The summed E-state index contributed by atoms with van der Waals surface area (Å²) >= 11 is 3.46. The summed E-state index contributed by atoms with van der Waals surface area (Å²) in [7, 11) is 0. The molecular weight excluding hydrogens is 248 g/mol. The molecule has 0 spiro atoms. The van der Waals surface area contributed by atoms with E-state index in [0.29, 0.717) is 0 Å². The smallest absolute Gasteiger partial charge is 0.183 e. The molecule has 3 aromatic rings. The van der Waals surface area contributed by atoms with E-state index in [1.807, 2.05) is 0 Å². The molecule has 17 heavy (non-hydrogen) atoms. The highest BCUT2D eigenvalue weighted by atomic mass is 32.1. The van der Waals surface area contributed by atoms with Crippen molar-refractivity contribution in [2.24, 2.45) is 0 Å². The van der Waals surface area contributed by atoms with Gasteiger partial charge in [0.2, 0.25) is 0 Å². The zero-order valence-electron chi connectivity index (χ0n) is 9.43. The van der Waals surface area contributed by atoms with Gasteiger partial charge in [0.25, 0.3) is 0 Å². The number of hydrogen-bond acceptors (Lipinski definition) is 4. The van der Waals surface area contributed by atoms with E-state index in [4.69, 9.17) is 0 Å². The van der Waals surface area contributed by atoms with Crippen LogP contribution in [0.1, 0.15) is 6.92 Å². The zero-order valence-corrected chi connectivity index (χ0v) is 11.1. The number of thiazole rings is 1. The van der Waals surface area contributed by atoms with Gasteiger partial charge in [-0.05, 0) is 24.4 Å². The predicted molar refractivity (Wildman–Crippen MR) is 77.1 cm³/mol. The van der Waals surface area contributed by atoms with Crippen molar-refractivity contribution in [2.75, 3.05) is 11.9 Å². The fourth-order valence-electron chi connectivity index (χ4n) is 1.73. The third-order valence-corrected chi connectivity index (χ3v) is 4.45. The number of anilines is 1. The summed E-state index contributed by atoms with van der Waals surface area (Å²) in [5.74, 6) is 0. The summed E-state index contributed by atoms with van der Waals surface area (Å²) in [5, 5.41) is 7.65. The average Bonchev–Trinajstić information content (AvgIpc) is 2.94. The zero-order chi connectivity index (χ0) is 11.7. The van der Waals surface area contributed by atoms with Crippen molar-refractivity contribution in [1.29, 1.82) is 0 Å². The minimum Gasteiger partial charge on any atom is -0.362 e. The summed E-state index contributed by atoms with van der Waals surface area (Å²) in [5.41, 5.74) is 1.08. The molecule has 1 aromatic carbocycles. The highest BCUT2D eigenvalue weighted by Crippen LogP contribution is 2.34. The second-order valence-corrected chi connectivity index (χ2v) is 5.66. The fraction of sp³-hybridized carbons (Fsp3) is 0.154. The monoisotopic (exact) mass is 260 g/mol. The summed E-state index contributed by atoms with van der Waals surface area (Å²) in [4.78, 5) is 5.83. The minimum absolute atomic E-state index is 0.916. The molecule has 0 saturated carbocycles. The molecule has 0 amide bonds. The summed E-state index contributed by atoms with van der Waals surface area (Å²) in [6, 6.07) is 10.7. The van der Waals surface area contributed by atoms with Gasteiger partial charge in [0.1, 0.15) is 0 Å². The number of rotatable bonds is 3. The standard InChI is InChI=1S/C13H12N2S2/c1-2-14-13-15-10(8-16-13)12-7-9-5-3-4-6-11(9)17-12/h3-8H,2H2,1H3,(H,14,15). The molecule has 0 fully saturated rings. The van der Waals surface area contributed by atoms with Gasteiger partial charge in [0, 0.05) is 16.6 Å². The lowest BCUT2D eigenvalue weighted by Gasteiger charge is -1.93. The van der Waals surface area contributed by atoms with Gasteiger partial charge in [-0.1, -0.05) is 18.2 Å². The van der Waals surface area contributed by atoms with Crippen LogP contribution in [0.2, 0.25) is 0 Å². The Morgan fingerprint density at radius 2 is 2.18 bits per heavy atom. The Kier molecular flexibility index (Phi) is 2.82. The van der Waals surface area contributed by atoms with Crippen LogP contribution < -0.4 is 5.32 Å². The van der Waals surface area contributed by atoms with Crippen molar-refractivity contribution in [3.8, 4) is 10.6 Å². The van der Waals surface area contributed by atoms with E-state index in [1.54, 1.807) is 22.7 Å². The highest BCUT2D eigenvalue weighted by Gasteiger charge is 2.07. The molecule has 0 aliphatic rings. The molecule has 0 unspecified atom stereocenters. The fourth-order valence-corrected chi connectivity index (χ4v) is 3.61. The van der Waals surface area contributed by atoms with Crippen LogP contribution in [0.5, 0.6) is 0 Å². The van der Waals surface area contributed by atoms with Gasteiger partial charge < -0.3 is 5.32 Å². The normalized spacial score (nSPS) is 10.9. The summed E-state index contributed by atoms with van der Waals surface area (Å²) in [6.07, 6.45) is 0. The van der Waals surface area contributed by atoms with E-state index in [0.717, 1.165) is 17.4 Å². The van der Waals surface area contributed by atoms with E-state index in [2.05, 4.69) is 52.9 Å². The molecule has 2 aromatic heterocycles. The SMILES string of the molecule is CCNc1nc(-c2cc3ccccc3s2)cs1. The molecule has 1 N–H and O–H groups in total. The molecule has 0 atom stereocenters.